The lowest BCUT2D eigenvalue weighted by molar-refractivity contribution is 0.174. The van der Waals surface area contributed by atoms with Crippen LogP contribution in [0.15, 0.2) is 24.3 Å². The van der Waals surface area contributed by atoms with Crippen molar-refractivity contribution >= 4 is 28.6 Å². The van der Waals surface area contributed by atoms with Gasteiger partial charge >= 0.3 is 0 Å². The summed E-state index contributed by atoms with van der Waals surface area (Å²) in [7, 11) is 0. The molecule has 1 aliphatic heterocycles. The van der Waals surface area contributed by atoms with Gasteiger partial charge in [-0.15, -0.1) is 0 Å². The molecule has 0 amide bonds. The minimum atomic E-state index is 0.111. The summed E-state index contributed by atoms with van der Waals surface area (Å²) in [6, 6.07) is 7.73. The number of aromatic nitrogens is 3. The van der Waals surface area contributed by atoms with Crippen molar-refractivity contribution in [3.05, 3.63) is 35.4 Å². The number of nitrogen functional groups attached to an aromatic ring is 2. The molecule has 3 aromatic rings. The highest BCUT2D eigenvalue weighted by molar-refractivity contribution is 5.90. The van der Waals surface area contributed by atoms with Gasteiger partial charge in [0.1, 0.15) is 11.6 Å². The molecule has 0 radical (unpaired) electrons. The van der Waals surface area contributed by atoms with E-state index in [0.717, 1.165) is 28.0 Å². The van der Waals surface area contributed by atoms with Gasteiger partial charge in [-0.25, -0.2) is 4.98 Å². The highest BCUT2D eigenvalue weighted by Gasteiger charge is 2.13. The van der Waals surface area contributed by atoms with Crippen molar-refractivity contribution in [2.75, 3.05) is 23.6 Å². The molecule has 0 atom stereocenters. The first-order chi connectivity index (χ1) is 11.6. The van der Waals surface area contributed by atoms with E-state index in [1.807, 2.05) is 31.2 Å². The van der Waals surface area contributed by atoms with Crippen molar-refractivity contribution in [3.63, 3.8) is 0 Å². The van der Waals surface area contributed by atoms with Gasteiger partial charge < -0.3 is 26.3 Å². The number of nitrogens with two attached hydrogens (primary N) is 2. The lowest BCUT2D eigenvalue weighted by atomic mass is 10.1. The van der Waals surface area contributed by atoms with Crippen molar-refractivity contribution in [1.29, 1.82) is 0 Å². The van der Waals surface area contributed by atoms with E-state index in [-0.39, 0.29) is 12.7 Å². The predicted molar refractivity (Wildman–Crippen MR) is 90.8 cm³/mol. The van der Waals surface area contributed by atoms with Gasteiger partial charge in [-0.1, -0.05) is 6.07 Å². The summed E-state index contributed by atoms with van der Waals surface area (Å²) in [5.41, 5.74) is 14.0. The number of aryl methyl sites for hydroxylation is 1. The predicted octanol–water partition coefficient (Wildman–Crippen LogP) is 1.84. The van der Waals surface area contributed by atoms with Crippen LogP contribution in [0.2, 0.25) is 0 Å². The summed E-state index contributed by atoms with van der Waals surface area (Å²) >= 11 is 0. The van der Waals surface area contributed by atoms with Crippen LogP contribution in [0.4, 0.5) is 17.6 Å². The standard InChI is InChI=1S/C16H16N6O2/c1-8-4-12(20-15-13(8)14(17)21-16(18)22-15)19-6-9-2-3-10-11(5-9)24-7-23-10/h2-5H,6-7H2,1H3,(H5,17,18,19,20,21,22). The highest BCUT2D eigenvalue weighted by atomic mass is 16.7. The Balaban J connectivity index is 1.60. The topological polar surface area (TPSA) is 121 Å². The molecule has 4 rings (SSSR count). The third-order valence-corrected chi connectivity index (χ3v) is 3.82. The van der Waals surface area contributed by atoms with Crippen LogP contribution in [0.5, 0.6) is 11.5 Å². The summed E-state index contributed by atoms with van der Waals surface area (Å²) < 4.78 is 10.7. The molecule has 0 spiro atoms. The van der Waals surface area contributed by atoms with Gasteiger partial charge in [-0.3, -0.25) is 0 Å². The van der Waals surface area contributed by atoms with Crippen LogP contribution in [-0.2, 0) is 6.54 Å². The number of rotatable bonds is 3. The Morgan fingerprint density at radius 3 is 2.79 bits per heavy atom. The quantitative estimate of drug-likeness (QED) is 0.667. The third kappa shape index (κ3) is 2.47. The van der Waals surface area contributed by atoms with Crippen LogP contribution in [-0.4, -0.2) is 21.7 Å². The first kappa shape index (κ1) is 14.3. The molecule has 2 aromatic heterocycles. The monoisotopic (exact) mass is 324 g/mol. The molecule has 1 aromatic carbocycles. The van der Waals surface area contributed by atoms with Crippen molar-refractivity contribution in [1.82, 2.24) is 15.0 Å². The zero-order chi connectivity index (χ0) is 16.7. The normalized spacial score (nSPS) is 12.5. The SMILES string of the molecule is Cc1cc(NCc2ccc3c(c2)OCO3)nc2nc(N)nc(N)c12. The Morgan fingerprint density at radius 2 is 1.92 bits per heavy atom. The summed E-state index contributed by atoms with van der Waals surface area (Å²) in [5, 5.41) is 3.99. The zero-order valence-corrected chi connectivity index (χ0v) is 13.0. The highest BCUT2D eigenvalue weighted by Crippen LogP contribution is 2.32. The molecular weight excluding hydrogens is 308 g/mol. The summed E-state index contributed by atoms with van der Waals surface area (Å²) in [6.07, 6.45) is 0. The van der Waals surface area contributed by atoms with Gasteiger partial charge in [-0.05, 0) is 36.2 Å². The van der Waals surface area contributed by atoms with Crippen LogP contribution in [0.3, 0.4) is 0 Å². The number of benzene rings is 1. The minimum Gasteiger partial charge on any atom is -0.454 e. The first-order valence-corrected chi connectivity index (χ1v) is 7.43. The van der Waals surface area contributed by atoms with Crippen molar-refractivity contribution in [2.24, 2.45) is 0 Å². The van der Waals surface area contributed by atoms with E-state index in [2.05, 4.69) is 20.3 Å². The number of hydrogen-bond donors (Lipinski definition) is 3. The molecule has 24 heavy (non-hydrogen) atoms. The fourth-order valence-electron chi connectivity index (χ4n) is 2.70. The Hall–Kier alpha value is -3.29. The van der Waals surface area contributed by atoms with Crippen molar-refractivity contribution in [2.45, 2.75) is 13.5 Å². The second-order valence-electron chi connectivity index (χ2n) is 5.53. The number of hydrogen-bond acceptors (Lipinski definition) is 8. The van der Waals surface area contributed by atoms with E-state index in [1.165, 1.54) is 0 Å². The molecule has 0 unspecified atom stereocenters. The van der Waals surface area contributed by atoms with Gasteiger partial charge in [0.25, 0.3) is 0 Å². The van der Waals surface area contributed by atoms with Gasteiger partial charge in [0, 0.05) is 6.54 Å². The number of fused-ring (bicyclic) bond motifs is 2. The first-order valence-electron chi connectivity index (χ1n) is 7.43. The van der Waals surface area contributed by atoms with Crippen LogP contribution in [0.1, 0.15) is 11.1 Å². The minimum absolute atomic E-state index is 0.111. The van der Waals surface area contributed by atoms with E-state index in [0.29, 0.717) is 23.8 Å². The van der Waals surface area contributed by atoms with Crippen LogP contribution < -0.4 is 26.3 Å². The van der Waals surface area contributed by atoms with E-state index in [4.69, 9.17) is 20.9 Å². The Labute approximate surface area is 137 Å². The molecule has 8 nitrogen and oxygen atoms in total. The maximum atomic E-state index is 5.91. The average molecular weight is 324 g/mol. The molecule has 0 aliphatic carbocycles. The maximum absolute atomic E-state index is 5.91. The van der Waals surface area contributed by atoms with E-state index < -0.39 is 0 Å². The molecule has 122 valence electrons. The van der Waals surface area contributed by atoms with Gasteiger partial charge in [0.15, 0.2) is 17.1 Å². The summed E-state index contributed by atoms with van der Waals surface area (Å²) in [4.78, 5) is 12.6. The smallest absolute Gasteiger partial charge is 0.231 e. The Morgan fingerprint density at radius 1 is 1.08 bits per heavy atom. The lowest BCUT2D eigenvalue weighted by Crippen LogP contribution is -2.06. The number of ether oxygens (including phenoxy) is 2. The maximum Gasteiger partial charge on any atom is 0.231 e. The third-order valence-electron chi connectivity index (χ3n) is 3.82. The fraction of sp³-hybridized carbons (Fsp3) is 0.188. The van der Waals surface area contributed by atoms with Gasteiger partial charge in [-0.2, -0.15) is 9.97 Å². The summed E-state index contributed by atoms with van der Waals surface area (Å²) in [6.45, 7) is 2.79. The molecule has 1 aliphatic rings. The number of nitrogens with zero attached hydrogens (tertiary/aromatic N) is 3. The second-order valence-corrected chi connectivity index (χ2v) is 5.53. The molecular formula is C16H16N6O2. The second kappa shape index (κ2) is 5.41. The van der Waals surface area contributed by atoms with Gasteiger partial charge in [0.05, 0.1) is 5.39 Å². The number of nitrogens with one attached hydrogen (secondary N) is 1. The molecule has 3 heterocycles. The molecule has 0 bridgehead atoms. The average Bonchev–Trinajstić information content (AvgIpc) is 2.99. The van der Waals surface area contributed by atoms with Crippen LogP contribution >= 0.6 is 0 Å². The molecule has 5 N–H and O–H groups in total. The van der Waals surface area contributed by atoms with E-state index >= 15 is 0 Å². The van der Waals surface area contributed by atoms with Crippen LogP contribution in [0.25, 0.3) is 11.0 Å². The van der Waals surface area contributed by atoms with E-state index in [9.17, 15) is 0 Å². The van der Waals surface area contributed by atoms with Gasteiger partial charge in [0.2, 0.25) is 12.7 Å². The van der Waals surface area contributed by atoms with E-state index in [1.54, 1.807) is 0 Å². The van der Waals surface area contributed by atoms with Crippen LogP contribution in [0, 0.1) is 6.92 Å². The Bertz CT molecular complexity index is 943. The largest absolute Gasteiger partial charge is 0.454 e. The molecule has 8 heteroatoms. The Kier molecular flexibility index (Phi) is 3.23. The summed E-state index contributed by atoms with van der Waals surface area (Å²) in [5.74, 6) is 2.66. The lowest BCUT2D eigenvalue weighted by Gasteiger charge is -2.10. The number of anilines is 3. The number of pyridine rings is 1. The molecule has 0 saturated heterocycles. The fourth-order valence-corrected chi connectivity index (χ4v) is 2.70. The zero-order valence-electron chi connectivity index (χ0n) is 13.0. The molecule has 0 fully saturated rings. The van der Waals surface area contributed by atoms with Crippen molar-refractivity contribution in [3.8, 4) is 11.5 Å². The van der Waals surface area contributed by atoms with Crippen molar-refractivity contribution < 1.29 is 9.47 Å². The molecule has 0 saturated carbocycles.